The molecule has 0 saturated heterocycles. The number of allylic oxidation sites excluding steroid dienone is 2. The predicted octanol–water partition coefficient (Wildman–Crippen LogP) is 7.29. The van der Waals surface area contributed by atoms with Crippen LogP contribution in [0.1, 0.15) is 103 Å². The zero-order valence-electron chi connectivity index (χ0n) is 24.3. The van der Waals surface area contributed by atoms with Gasteiger partial charge in [-0.05, 0) is 32.1 Å². The molecule has 1 N–H and O–H groups in total. The summed E-state index contributed by atoms with van der Waals surface area (Å²) >= 11 is 0. The molecule has 0 aromatic carbocycles. The molecule has 2 atom stereocenters. The predicted molar refractivity (Wildman–Crippen MR) is 150 cm³/mol. The van der Waals surface area contributed by atoms with Crippen LogP contribution >= 0.6 is 7.82 Å². The molecule has 0 aliphatic rings. The van der Waals surface area contributed by atoms with E-state index in [0.717, 1.165) is 19.3 Å². The number of methoxy groups -OCH3 is 1. The summed E-state index contributed by atoms with van der Waals surface area (Å²) in [4.78, 5) is 9.79. The lowest BCUT2D eigenvalue weighted by Gasteiger charge is -2.24. The first kappa shape index (κ1) is 35.7. The largest absolute Gasteiger partial charge is 0.472 e. The summed E-state index contributed by atoms with van der Waals surface area (Å²) < 4.78 is 33.6. The number of quaternary nitrogens is 1. The highest BCUT2D eigenvalue weighted by molar-refractivity contribution is 7.47. The first-order valence-corrected chi connectivity index (χ1v) is 15.9. The topological polar surface area (TPSA) is 74.2 Å². The van der Waals surface area contributed by atoms with E-state index in [-0.39, 0.29) is 13.2 Å². The molecule has 0 aliphatic heterocycles. The number of rotatable bonds is 27. The first-order valence-electron chi connectivity index (χ1n) is 14.4. The van der Waals surface area contributed by atoms with Gasteiger partial charge in [0.15, 0.2) is 0 Å². The Labute approximate surface area is 223 Å². The fourth-order valence-electron chi connectivity index (χ4n) is 3.67. The third-order valence-electron chi connectivity index (χ3n) is 6.13. The van der Waals surface area contributed by atoms with E-state index in [9.17, 15) is 9.46 Å². The maximum Gasteiger partial charge on any atom is 0.472 e. The molecule has 0 aliphatic carbocycles. The Hall–Kier alpha value is -0.270. The van der Waals surface area contributed by atoms with Crippen LogP contribution in [0, 0.1) is 0 Å². The average Bonchev–Trinajstić information content (AvgIpc) is 2.81. The van der Waals surface area contributed by atoms with Crippen molar-refractivity contribution in [2.24, 2.45) is 0 Å². The molecule has 0 fully saturated rings. The van der Waals surface area contributed by atoms with Crippen LogP contribution in [0.2, 0.25) is 0 Å². The van der Waals surface area contributed by atoms with Crippen LogP contribution in [-0.2, 0) is 23.1 Å². The fraction of sp³-hybridized carbons (Fsp3) is 0.929. The number of unbranched alkanes of at least 4 members (excludes halogenated alkanes) is 13. The summed E-state index contributed by atoms with van der Waals surface area (Å²) in [6.45, 7) is 3.97. The van der Waals surface area contributed by atoms with Gasteiger partial charge in [-0.3, -0.25) is 9.05 Å². The summed E-state index contributed by atoms with van der Waals surface area (Å²) in [5.74, 6) is 0. The summed E-state index contributed by atoms with van der Waals surface area (Å²) in [7, 11) is 3.43. The maximum atomic E-state index is 12.0. The van der Waals surface area contributed by atoms with Gasteiger partial charge in [0.2, 0.25) is 0 Å². The summed E-state index contributed by atoms with van der Waals surface area (Å²) in [5, 5.41) is 0. The Morgan fingerprint density at radius 1 is 0.750 bits per heavy atom. The number of likely N-dealkylation sites (N-methyl/N-ethyl adjacent to an activating group) is 1. The van der Waals surface area contributed by atoms with Crippen molar-refractivity contribution in [2.75, 3.05) is 61.2 Å². The molecule has 0 radical (unpaired) electrons. The van der Waals surface area contributed by atoms with E-state index in [0.29, 0.717) is 24.2 Å². The second kappa shape index (κ2) is 23.8. The summed E-state index contributed by atoms with van der Waals surface area (Å²) in [5.41, 5.74) is 0. The van der Waals surface area contributed by atoms with Gasteiger partial charge in [-0.1, -0.05) is 83.3 Å². The number of ether oxygens (including phenoxy) is 2. The lowest BCUT2D eigenvalue weighted by Crippen LogP contribution is -2.37. The van der Waals surface area contributed by atoms with E-state index in [2.05, 4.69) is 19.1 Å². The molecule has 0 rings (SSSR count). The monoisotopic (exact) mass is 536 g/mol. The average molecular weight is 537 g/mol. The number of phosphoric ester groups is 1. The zero-order valence-corrected chi connectivity index (χ0v) is 25.2. The van der Waals surface area contributed by atoms with Gasteiger partial charge < -0.3 is 18.9 Å². The molecule has 0 saturated carbocycles. The van der Waals surface area contributed by atoms with Crippen LogP contribution in [0.5, 0.6) is 0 Å². The number of hydrogen-bond donors (Lipinski definition) is 1. The third kappa shape index (κ3) is 26.8. The SMILES string of the molecule is CCCCCCCCCCCCC=CCCCCCOC[C@H](COP(=O)(O)OCC[N+](C)(C)C)OC. The van der Waals surface area contributed by atoms with Crippen LogP contribution in [-0.4, -0.2) is 76.7 Å². The van der Waals surface area contributed by atoms with Crippen molar-refractivity contribution in [1.29, 1.82) is 0 Å². The van der Waals surface area contributed by atoms with Gasteiger partial charge in [0.05, 0.1) is 34.4 Å². The van der Waals surface area contributed by atoms with Crippen LogP contribution in [0.4, 0.5) is 0 Å². The van der Waals surface area contributed by atoms with Gasteiger partial charge in [0.1, 0.15) is 19.3 Å². The van der Waals surface area contributed by atoms with Crippen LogP contribution < -0.4 is 0 Å². The molecule has 0 spiro atoms. The van der Waals surface area contributed by atoms with E-state index in [1.165, 1.54) is 77.0 Å². The van der Waals surface area contributed by atoms with Gasteiger partial charge in [-0.15, -0.1) is 0 Å². The summed E-state index contributed by atoms with van der Waals surface area (Å²) in [6.07, 6.45) is 23.8. The lowest BCUT2D eigenvalue weighted by molar-refractivity contribution is -0.870. The molecule has 216 valence electrons. The molecule has 1 unspecified atom stereocenters. The van der Waals surface area contributed by atoms with Crippen molar-refractivity contribution in [1.82, 2.24) is 0 Å². The Morgan fingerprint density at radius 2 is 1.28 bits per heavy atom. The standard InChI is InChI=1S/C28H58NO6P/c1-6-7-8-9-10-11-12-13-14-15-16-17-18-19-20-21-22-24-33-26-28(32-5)27-35-36(30,31)34-25-23-29(2,3)4/h17-18,28H,6-16,19-27H2,1-5H3/p+1/t28-/m1/s1. The van der Waals surface area contributed by atoms with Gasteiger partial charge in [0, 0.05) is 13.7 Å². The van der Waals surface area contributed by atoms with Crippen molar-refractivity contribution in [3.8, 4) is 0 Å². The van der Waals surface area contributed by atoms with Crippen molar-refractivity contribution < 1.29 is 32.5 Å². The molecule has 0 heterocycles. The maximum absolute atomic E-state index is 12.0. The number of nitrogens with zero attached hydrogens (tertiary/aromatic N) is 1. The van der Waals surface area contributed by atoms with E-state index in [1.54, 1.807) is 7.11 Å². The Morgan fingerprint density at radius 3 is 1.81 bits per heavy atom. The molecule has 0 bridgehead atoms. The molecular formula is C28H59NO6P+. The van der Waals surface area contributed by atoms with Gasteiger partial charge in [-0.25, -0.2) is 4.57 Å². The smallest absolute Gasteiger partial charge is 0.379 e. The van der Waals surface area contributed by atoms with Gasteiger partial charge in [0.25, 0.3) is 0 Å². The fourth-order valence-corrected chi connectivity index (χ4v) is 4.41. The number of hydrogen-bond acceptors (Lipinski definition) is 5. The molecule has 8 heteroatoms. The van der Waals surface area contributed by atoms with E-state index in [4.69, 9.17) is 18.5 Å². The van der Waals surface area contributed by atoms with Crippen LogP contribution in [0.15, 0.2) is 12.2 Å². The highest BCUT2D eigenvalue weighted by atomic mass is 31.2. The van der Waals surface area contributed by atoms with Crippen molar-refractivity contribution in [3.63, 3.8) is 0 Å². The molecule has 7 nitrogen and oxygen atoms in total. The van der Waals surface area contributed by atoms with Crippen molar-refractivity contribution in [2.45, 2.75) is 109 Å². The Balaban J connectivity index is 3.55. The quantitative estimate of drug-likeness (QED) is 0.0514. The minimum absolute atomic E-state index is 0.0432. The second-order valence-corrected chi connectivity index (χ2v) is 12.3. The molecule has 36 heavy (non-hydrogen) atoms. The van der Waals surface area contributed by atoms with E-state index in [1.807, 2.05) is 21.1 Å². The molecule has 0 amide bonds. The van der Waals surface area contributed by atoms with Crippen LogP contribution in [0.3, 0.4) is 0 Å². The molecule has 0 aromatic heterocycles. The van der Waals surface area contributed by atoms with Crippen LogP contribution in [0.25, 0.3) is 0 Å². The van der Waals surface area contributed by atoms with Crippen molar-refractivity contribution >= 4 is 7.82 Å². The molecular weight excluding hydrogens is 477 g/mol. The lowest BCUT2D eigenvalue weighted by atomic mass is 10.1. The third-order valence-corrected chi connectivity index (χ3v) is 7.11. The Kier molecular flexibility index (Phi) is 23.6. The minimum atomic E-state index is -4.08. The van der Waals surface area contributed by atoms with Gasteiger partial charge in [-0.2, -0.15) is 0 Å². The zero-order chi connectivity index (χ0) is 27.0. The minimum Gasteiger partial charge on any atom is -0.379 e. The van der Waals surface area contributed by atoms with E-state index >= 15 is 0 Å². The Bertz CT molecular complexity index is 553. The highest BCUT2D eigenvalue weighted by Gasteiger charge is 2.24. The van der Waals surface area contributed by atoms with Gasteiger partial charge >= 0.3 is 7.82 Å². The van der Waals surface area contributed by atoms with Crippen molar-refractivity contribution in [3.05, 3.63) is 12.2 Å². The highest BCUT2D eigenvalue weighted by Crippen LogP contribution is 2.43. The normalized spacial score (nSPS) is 14.9. The van der Waals surface area contributed by atoms with E-state index < -0.39 is 13.9 Å². The first-order chi connectivity index (χ1) is 17.2. The number of phosphoric acid groups is 1. The summed E-state index contributed by atoms with van der Waals surface area (Å²) in [6, 6.07) is 0. The second-order valence-electron chi connectivity index (χ2n) is 10.8. The molecule has 0 aromatic rings.